The fourth-order valence-corrected chi connectivity index (χ4v) is 5.95. The lowest BCUT2D eigenvalue weighted by atomic mass is 10.0. The molecule has 0 saturated carbocycles. The first-order valence-corrected chi connectivity index (χ1v) is 15.4. The van der Waals surface area contributed by atoms with Gasteiger partial charge in [-0.05, 0) is 35.9 Å². The maximum absolute atomic E-state index is 13.3. The number of benzene rings is 3. The average Bonchev–Trinajstić information content (AvgIpc) is 3.44. The first kappa shape index (κ1) is 31.3. The van der Waals surface area contributed by atoms with Crippen molar-refractivity contribution in [3.63, 3.8) is 0 Å². The third-order valence-electron chi connectivity index (χ3n) is 8.14. The number of imidazole rings is 1. The summed E-state index contributed by atoms with van der Waals surface area (Å²) in [5, 5.41) is 3.89. The summed E-state index contributed by atoms with van der Waals surface area (Å²) in [6.07, 6.45) is 0. The Labute approximate surface area is 274 Å². The van der Waals surface area contributed by atoms with Crippen molar-refractivity contribution < 1.29 is 9.59 Å². The molecule has 0 spiro atoms. The quantitative estimate of drug-likeness (QED) is 0.252. The van der Waals surface area contributed by atoms with E-state index in [0.29, 0.717) is 76.7 Å². The van der Waals surface area contributed by atoms with Gasteiger partial charge in [0.05, 0.1) is 18.8 Å². The Morgan fingerprint density at radius 1 is 0.848 bits per heavy atom. The first-order valence-electron chi connectivity index (χ1n) is 14.7. The van der Waals surface area contributed by atoms with E-state index in [1.807, 2.05) is 27.7 Å². The predicted molar refractivity (Wildman–Crippen MR) is 179 cm³/mol. The van der Waals surface area contributed by atoms with Crippen LogP contribution in [0.25, 0.3) is 11.2 Å². The molecule has 13 heteroatoms. The molecule has 0 unspecified atom stereocenters. The number of ketones is 1. The van der Waals surface area contributed by atoms with Crippen molar-refractivity contribution in [1.29, 1.82) is 0 Å². The van der Waals surface area contributed by atoms with Crippen LogP contribution in [0.3, 0.4) is 0 Å². The van der Waals surface area contributed by atoms with Crippen LogP contribution in [0.2, 0.25) is 10.0 Å². The van der Waals surface area contributed by atoms with Crippen LogP contribution >= 0.6 is 23.2 Å². The second-order valence-corrected chi connectivity index (χ2v) is 12.1. The van der Waals surface area contributed by atoms with E-state index >= 15 is 0 Å². The molecule has 1 N–H and O–H groups in total. The minimum absolute atomic E-state index is 0.117. The zero-order chi connectivity index (χ0) is 32.5. The smallest absolute Gasteiger partial charge is 0.332 e. The molecule has 1 amide bonds. The summed E-state index contributed by atoms with van der Waals surface area (Å²) in [7, 11) is 3.06. The van der Waals surface area contributed by atoms with Crippen molar-refractivity contribution in [2.45, 2.75) is 6.54 Å². The molecular formula is C33H31Cl2N7O4. The summed E-state index contributed by atoms with van der Waals surface area (Å²) in [5.41, 5.74) is 1.89. The molecule has 5 aromatic rings. The van der Waals surface area contributed by atoms with Crippen molar-refractivity contribution in [1.82, 2.24) is 23.6 Å². The number of piperazine rings is 1. The van der Waals surface area contributed by atoms with Gasteiger partial charge in [0.15, 0.2) is 16.9 Å². The Bertz CT molecular complexity index is 2060. The van der Waals surface area contributed by atoms with Crippen molar-refractivity contribution in [3.8, 4) is 0 Å². The molecule has 2 aromatic heterocycles. The van der Waals surface area contributed by atoms with Crippen LogP contribution in [0.4, 0.5) is 11.6 Å². The molecular weight excluding hydrogens is 629 g/mol. The fourth-order valence-electron chi connectivity index (χ4n) is 5.66. The standard InChI is InChI=1S/C33H31Cl2N7O4/c1-38-30-28(31(45)39(2)33(38)46)42(19-21-8-10-23(34)11-9-21)32(37-30)41-16-14-40(15-17-41)20-27(43)36-26-13-12-24(35)18-25(26)29(44)22-6-4-3-5-7-22/h3-13,18H,14-17,19-20H2,1-2H3,(H,36,43). The van der Waals surface area contributed by atoms with E-state index in [4.69, 9.17) is 28.2 Å². The molecule has 46 heavy (non-hydrogen) atoms. The molecule has 6 rings (SSSR count). The van der Waals surface area contributed by atoms with Gasteiger partial charge in [0.1, 0.15) is 0 Å². The van der Waals surface area contributed by atoms with Gasteiger partial charge in [-0.25, -0.2) is 4.79 Å². The minimum atomic E-state index is -0.453. The lowest BCUT2D eigenvalue weighted by Crippen LogP contribution is -2.49. The zero-order valence-electron chi connectivity index (χ0n) is 25.2. The van der Waals surface area contributed by atoms with Gasteiger partial charge in [-0.2, -0.15) is 4.98 Å². The number of hydrogen-bond donors (Lipinski definition) is 1. The van der Waals surface area contributed by atoms with Gasteiger partial charge in [-0.1, -0.05) is 65.7 Å². The number of nitrogens with zero attached hydrogens (tertiary/aromatic N) is 6. The van der Waals surface area contributed by atoms with E-state index in [-0.39, 0.29) is 18.2 Å². The van der Waals surface area contributed by atoms with Gasteiger partial charge < -0.3 is 10.2 Å². The number of halogens is 2. The van der Waals surface area contributed by atoms with Gasteiger partial charge in [0, 0.05) is 61.4 Å². The topological polar surface area (TPSA) is 114 Å². The van der Waals surface area contributed by atoms with Gasteiger partial charge >= 0.3 is 5.69 Å². The minimum Gasteiger partial charge on any atom is -0.340 e. The van der Waals surface area contributed by atoms with Crippen LogP contribution in [0, 0.1) is 0 Å². The van der Waals surface area contributed by atoms with Gasteiger partial charge in [-0.15, -0.1) is 0 Å². The lowest BCUT2D eigenvalue weighted by molar-refractivity contribution is -0.117. The second kappa shape index (κ2) is 13.0. The van der Waals surface area contributed by atoms with Crippen molar-refractivity contribution >= 4 is 57.7 Å². The van der Waals surface area contributed by atoms with Crippen LogP contribution in [0.15, 0.2) is 82.4 Å². The average molecular weight is 661 g/mol. The summed E-state index contributed by atoms with van der Waals surface area (Å²) < 4.78 is 4.31. The molecule has 3 heterocycles. The Balaban J connectivity index is 1.19. The molecule has 1 fully saturated rings. The van der Waals surface area contributed by atoms with E-state index in [0.717, 1.165) is 10.1 Å². The molecule has 1 saturated heterocycles. The number of carbonyl (C=O) groups excluding carboxylic acids is 2. The van der Waals surface area contributed by atoms with Crippen LogP contribution in [0.1, 0.15) is 21.5 Å². The number of amides is 1. The number of carbonyl (C=O) groups is 2. The summed E-state index contributed by atoms with van der Waals surface area (Å²) in [6.45, 7) is 2.63. The van der Waals surface area contributed by atoms with Crippen LogP contribution in [-0.4, -0.2) is 68.0 Å². The van der Waals surface area contributed by atoms with Crippen molar-refractivity contribution in [2.75, 3.05) is 42.9 Å². The molecule has 1 aliphatic rings. The summed E-state index contributed by atoms with van der Waals surface area (Å²) in [4.78, 5) is 61.2. The molecule has 0 aliphatic carbocycles. The highest BCUT2D eigenvalue weighted by Crippen LogP contribution is 2.25. The fraction of sp³-hybridized carbons (Fsp3) is 0.242. The predicted octanol–water partition coefficient (Wildman–Crippen LogP) is 3.78. The van der Waals surface area contributed by atoms with E-state index in [1.54, 1.807) is 61.6 Å². The molecule has 11 nitrogen and oxygen atoms in total. The van der Waals surface area contributed by atoms with Gasteiger partial charge in [0.2, 0.25) is 11.9 Å². The number of fused-ring (bicyclic) bond motifs is 1. The first-order chi connectivity index (χ1) is 22.1. The van der Waals surface area contributed by atoms with Gasteiger partial charge in [-0.3, -0.25) is 33.0 Å². The summed E-state index contributed by atoms with van der Waals surface area (Å²) >= 11 is 12.3. The highest BCUT2D eigenvalue weighted by Gasteiger charge is 2.27. The number of rotatable bonds is 8. The molecule has 1 aliphatic heterocycles. The van der Waals surface area contributed by atoms with Crippen LogP contribution < -0.4 is 21.5 Å². The molecule has 0 radical (unpaired) electrons. The second-order valence-electron chi connectivity index (χ2n) is 11.2. The number of nitrogens with one attached hydrogen (secondary N) is 1. The Morgan fingerprint density at radius 2 is 1.52 bits per heavy atom. The van der Waals surface area contributed by atoms with Crippen molar-refractivity contribution in [2.24, 2.45) is 14.1 Å². The maximum Gasteiger partial charge on any atom is 0.332 e. The molecule has 0 bridgehead atoms. The normalized spacial score (nSPS) is 13.7. The van der Waals surface area contributed by atoms with E-state index in [9.17, 15) is 19.2 Å². The van der Waals surface area contributed by atoms with E-state index in [1.165, 1.54) is 11.6 Å². The Hall–Kier alpha value is -4.71. The third kappa shape index (κ3) is 6.21. The van der Waals surface area contributed by atoms with Crippen LogP contribution in [-0.2, 0) is 25.4 Å². The lowest BCUT2D eigenvalue weighted by Gasteiger charge is -2.35. The van der Waals surface area contributed by atoms with Gasteiger partial charge in [0.25, 0.3) is 5.56 Å². The Morgan fingerprint density at radius 3 is 2.22 bits per heavy atom. The van der Waals surface area contributed by atoms with Crippen LogP contribution in [0.5, 0.6) is 0 Å². The molecule has 236 valence electrons. The number of anilines is 2. The Kier molecular flexibility index (Phi) is 8.81. The highest BCUT2D eigenvalue weighted by atomic mass is 35.5. The largest absolute Gasteiger partial charge is 0.340 e. The monoisotopic (exact) mass is 659 g/mol. The summed E-state index contributed by atoms with van der Waals surface area (Å²) in [6, 6.07) is 21.0. The SMILES string of the molecule is Cn1c(=O)c2c(nc(N3CCN(CC(=O)Nc4ccc(Cl)cc4C(=O)c4ccccc4)CC3)n2Cc2ccc(Cl)cc2)n(C)c1=O. The number of hydrogen-bond acceptors (Lipinski definition) is 7. The van der Waals surface area contributed by atoms with E-state index < -0.39 is 11.2 Å². The molecule has 0 atom stereocenters. The number of aromatic nitrogens is 4. The zero-order valence-corrected chi connectivity index (χ0v) is 26.8. The maximum atomic E-state index is 13.3. The van der Waals surface area contributed by atoms with Crippen molar-refractivity contribution in [3.05, 3.63) is 120 Å². The highest BCUT2D eigenvalue weighted by molar-refractivity contribution is 6.31. The summed E-state index contributed by atoms with van der Waals surface area (Å²) in [5.74, 6) is 0.0739. The van der Waals surface area contributed by atoms with E-state index in [2.05, 4.69) is 10.2 Å². The molecule has 3 aromatic carbocycles. The third-order valence-corrected chi connectivity index (χ3v) is 8.63. The number of aryl methyl sites for hydroxylation is 1.